The summed E-state index contributed by atoms with van der Waals surface area (Å²) >= 11 is 0. The van der Waals surface area contributed by atoms with E-state index in [0.29, 0.717) is 6.04 Å². The normalized spacial score (nSPS) is 24.6. The van der Waals surface area contributed by atoms with E-state index in [0.717, 1.165) is 0 Å². The van der Waals surface area contributed by atoms with Gasteiger partial charge in [-0.15, -0.1) is 0 Å². The van der Waals surface area contributed by atoms with E-state index in [2.05, 4.69) is 42.3 Å². The van der Waals surface area contributed by atoms with Crippen LogP contribution >= 0.6 is 0 Å². The number of benzene rings is 1. The van der Waals surface area contributed by atoms with Gasteiger partial charge in [-0.25, -0.2) is 0 Å². The van der Waals surface area contributed by atoms with Gasteiger partial charge in [0.25, 0.3) is 0 Å². The smallest absolute Gasteiger partial charge is 0.0345 e. The fourth-order valence-corrected chi connectivity index (χ4v) is 2.01. The molecule has 1 aliphatic heterocycles. The molecule has 1 atom stereocenters. The van der Waals surface area contributed by atoms with Gasteiger partial charge in [-0.1, -0.05) is 30.3 Å². The minimum Gasteiger partial charge on any atom is -0.299 e. The third kappa shape index (κ3) is 1.37. The summed E-state index contributed by atoms with van der Waals surface area (Å²) in [5.41, 5.74) is 1.47. The van der Waals surface area contributed by atoms with Crippen LogP contribution in [0.5, 0.6) is 0 Å². The minimum atomic E-state index is 0.672. The van der Waals surface area contributed by atoms with Crippen molar-refractivity contribution in [1.29, 1.82) is 0 Å². The number of hydrogen-bond donors (Lipinski definition) is 0. The Kier molecular flexibility index (Phi) is 2.13. The first-order valence-corrected chi connectivity index (χ1v) is 4.63. The Bertz CT molecular complexity index is 242. The highest BCUT2D eigenvalue weighted by Crippen LogP contribution is 2.29. The van der Waals surface area contributed by atoms with Crippen LogP contribution < -0.4 is 0 Å². The molecule has 0 aromatic heterocycles. The number of likely N-dealkylation sites (tertiary alicyclic amines) is 1. The predicted molar refractivity (Wildman–Crippen MR) is 51.0 cm³/mol. The summed E-state index contributed by atoms with van der Waals surface area (Å²) in [6, 6.07) is 11.5. The van der Waals surface area contributed by atoms with Crippen molar-refractivity contribution in [3.05, 3.63) is 35.9 Å². The lowest BCUT2D eigenvalue weighted by Crippen LogP contribution is -2.17. The van der Waals surface area contributed by atoms with Gasteiger partial charge in [0.05, 0.1) is 0 Å². The lowest BCUT2D eigenvalue weighted by Gasteiger charge is -2.19. The molecule has 12 heavy (non-hydrogen) atoms. The molecular formula is C11H15N. The van der Waals surface area contributed by atoms with E-state index < -0.39 is 0 Å². The van der Waals surface area contributed by atoms with Crippen LogP contribution in [0.25, 0.3) is 0 Å². The van der Waals surface area contributed by atoms with Crippen molar-refractivity contribution >= 4 is 0 Å². The predicted octanol–water partition coefficient (Wildman–Crippen LogP) is 2.45. The Hall–Kier alpha value is -0.820. The molecule has 0 amide bonds. The van der Waals surface area contributed by atoms with E-state index >= 15 is 0 Å². The molecule has 0 spiro atoms. The molecule has 1 heterocycles. The summed E-state index contributed by atoms with van der Waals surface area (Å²) in [6.07, 6.45) is 2.66. The quantitative estimate of drug-likeness (QED) is 0.611. The summed E-state index contributed by atoms with van der Waals surface area (Å²) < 4.78 is 0. The molecule has 1 aromatic carbocycles. The summed E-state index contributed by atoms with van der Waals surface area (Å²) in [6.45, 7) is 1.25. The lowest BCUT2D eigenvalue weighted by atomic mass is 10.1. The van der Waals surface area contributed by atoms with Gasteiger partial charge < -0.3 is 0 Å². The number of rotatable bonds is 1. The van der Waals surface area contributed by atoms with Crippen LogP contribution in [0, 0.1) is 0 Å². The van der Waals surface area contributed by atoms with Gasteiger partial charge in [-0.3, -0.25) is 4.90 Å². The fourth-order valence-electron chi connectivity index (χ4n) is 2.01. The average molecular weight is 161 g/mol. The highest BCUT2D eigenvalue weighted by Gasteiger charge is 2.21. The zero-order chi connectivity index (χ0) is 8.39. The second-order valence-corrected chi connectivity index (χ2v) is 3.55. The molecule has 1 heteroatoms. The van der Waals surface area contributed by atoms with Gasteiger partial charge in [0, 0.05) is 6.04 Å². The van der Waals surface area contributed by atoms with Gasteiger partial charge in [-0.2, -0.15) is 0 Å². The Labute approximate surface area is 74.0 Å². The monoisotopic (exact) mass is 161 g/mol. The molecule has 0 aliphatic carbocycles. The Morgan fingerprint density at radius 3 is 2.58 bits per heavy atom. The van der Waals surface area contributed by atoms with Gasteiger partial charge >= 0.3 is 0 Å². The minimum absolute atomic E-state index is 0.672. The maximum absolute atomic E-state index is 2.44. The largest absolute Gasteiger partial charge is 0.299 e. The van der Waals surface area contributed by atoms with E-state index in [1.807, 2.05) is 0 Å². The highest BCUT2D eigenvalue weighted by molar-refractivity contribution is 5.19. The van der Waals surface area contributed by atoms with E-state index in [-0.39, 0.29) is 0 Å². The van der Waals surface area contributed by atoms with Crippen LogP contribution in [0.4, 0.5) is 0 Å². The molecular weight excluding hydrogens is 146 g/mol. The summed E-state index contributed by atoms with van der Waals surface area (Å²) in [5, 5.41) is 0. The van der Waals surface area contributed by atoms with Crippen molar-refractivity contribution in [2.24, 2.45) is 0 Å². The zero-order valence-corrected chi connectivity index (χ0v) is 7.53. The summed E-state index contributed by atoms with van der Waals surface area (Å²) in [4.78, 5) is 2.44. The number of nitrogens with zero attached hydrogens (tertiary/aromatic N) is 1. The van der Waals surface area contributed by atoms with Crippen molar-refractivity contribution < 1.29 is 0 Å². The van der Waals surface area contributed by atoms with E-state index in [1.54, 1.807) is 0 Å². The second kappa shape index (κ2) is 3.28. The Morgan fingerprint density at radius 2 is 2.00 bits per heavy atom. The van der Waals surface area contributed by atoms with Crippen LogP contribution in [0.15, 0.2) is 30.3 Å². The molecule has 1 fully saturated rings. The van der Waals surface area contributed by atoms with Crippen molar-refractivity contribution in [3.8, 4) is 0 Å². The zero-order valence-electron chi connectivity index (χ0n) is 7.53. The first-order chi connectivity index (χ1) is 5.88. The summed E-state index contributed by atoms with van der Waals surface area (Å²) in [5.74, 6) is 0. The third-order valence-corrected chi connectivity index (χ3v) is 2.70. The highest BCUT2D eigenvalue weighted by atomic mass is 15.1. The van der Waals surface area contributed by atoms with Crippen molar-refractivity contribution in [2.45, 2.75) is 18.9 Å². The maximum atomic E-state index is 2.44. The molecule has 0 saturated carbocycles. The van der Waals surface area contributed by atoms with E-state index in [1.165, 1.54) is 24.9 Å². The van der Waals surface area contributed by atoms with Crippen molar-refractivity contribution in [1.82, 2.24) is 4.90 Å². The SMILES string of the molecule is CN1CCC[C@@H]1c1ccccc1. The number of hydrogen-bond acceptors (Lipinski definition) is 1. The van der Waals surface area contributed by atoms with E-state index in [9.17, 15) is 0 Å². The molecule has 0 unspecified atom stereocenters. The first kappa shape index (κ1) is 7.81. The van der Waals surface area contributed by atoms with Crippen LogP contribution in [-0.4, -0.2) is 18.5 Å². The van der Waals surface area contributed by atoms with Gasteiger partial charge in [-0.05, 0) is 32.0 Å². The molecule has 64 valence electrons. The Balaban J connectivity index is 2.19. The van der Waals surface area contributed by atoms with Crippen LogP contribution in [-0.2, 0) is 0 Å². The van der Waals surface area contributed by atoms with Crippen LogP contribution in [0.3, 0.4) is 0 Å². The Morgan fingerprint density at radius 1 is 1.25 bits per heavy atom. The molecule has 2 rings (SSSR count). The van der Waals surface area contributed by atoms with Crippen LogP contribution in [0.2, 0.25) is 0 Å². The molecule has 1 aliphatic rings. The molecule has 0 N–H and O–H groups in total. The molecule has 0 bridgehead atoms. The first-order valence-electron chi connectivity index (χ1n) is 4.63. The molecule has 1 saturated heterocycles. The second-order valence-electron chi connectivity index (χ2n) is 3.55. The molecule has 0 radical (unpaired) electrons. The van der Waals surface area contributed by atoms with E-state index in [4.69, 9.17) is 0 Å². The average Bonchev–Trinajstić information content (AvgIpc) is 2.53. The molecule has 1 nitrogen and oxygen atoms in total. The molecule has 1 aromatic rings. The maximum Gasteiger partial charge on any atom is 0.0345 e. The lowest BCUT2D eigenvalue weighted by molar-refractivity contribution is 0.317. The van der Waals surface area contributed by atoms with Gasteiger partial charge in [0.15, 0.2) is 0 Å². The van der Waals surface area contributed by atoms with Crippen molar-refractivity contribution in [3.63, 3.8) is 0 Å². The fraction of sp³-hybridized carbons (Fsp3) is 0.455. The van der Waals surface area contributed by atoms with Crippen molar-refractivity contribution in [2.75, 3.05) is 13.6 Å². The third-order valence-electron chi connectivity index (χ3n) is 2.70. The van der Waals surface area contributed by atoms with Crippen LogP contribution in [0.1, 0.15) is 24.4 Å². The summed E-state index contributed by atoms with van der Waals surface area (Å²) in [7, 11) is 2.21. The standard InChI is InChI=1S/C11H15N/c1-12-9-5-8-11(12)10-6-3-2-4-7-10/h2-4,6-7,11H,5,8-9H2,1H3/t11-/m1/s1. The van der Waals surface area contributed by atoms with Gasteiger partial charge in [0.2, 0.25) is 0 Å². The van der Waals surface area contributed by atoms with Gasteiger partial charge in [0.1, 0.15) is 0 Å². The topological polar surface area (TPSA) is 3.24 Å².